The Balaban J connectivity index is 1.73. The fourth-order valence-corrected chi connectivity index (χ4v) is 2.46. The highest BCUT2D eigenvalue weighted by Gasteiger charge is 2.13. The van der Waals surface area contributed by atoms with Gasteiger partial charge in [-0.25, -0.2) is 0 Å². The number of halogens is 1. The van der Waals surface area contributed by atoms with Crippen molar-refractivity contribution in [2.24, 2.45) is 0 Å². The first-order valence-corrected chi connectivity index (χ1v) is 7.97. The maximum absolute atomic E-state index is 10.1. The van der Waals surface area contributed by atoms with Crippen LogP contribution >= 0.6 is 11.6 Å². The van der Waals surface area contributed by atoms with Crippen LogP contribution in [0.15, 0.2) is 34.9 Å². The summed E-state index contributed by atoms with van der Waals surface area (Å²) >= 11 is 5.87. The predicted octanol–water partition coefficient (Wildman–Crippen LogP) is 3.21. The van der Waals surface area contributed by atoms with Crippen molar-refractivity contribution in [3.63, 3.8) is 0 Å². The lowest BCUT2D eigenvalue weighted by atomic mass is 10.1. The van der Waals surface area contributed by atoms with Crippen LogP contribution in [0, 0.1) is 6.92 Å². The van der Waals surface area contributed by atoms with Gasteiger partial charge in [0.25, 0.3) is 0 Å². The van der Waals surface area contributed by atoms with Crippen LogP contribution in [-0.4, -0.2) is 41.5 Å². The van der Waals surface area contributed by atoms with E-state index in [1.165, 1.54) is 0 Å². The van der Waals surface area contributed by atoms with Gasteiger partial charge in [-0.3, -0.25) is 4.90 Å². The molecule has 0 spiro atoms. The molecule has 2 aromatic rings. The summed E-state index contributed by atoms with van der Waals surface area (Å²) in [6.07, 6.45) is -0.659. The van der Waals surface area contributed by atoms with Gasteiger partial charge in [-0.1, -0.05) is 28.9 Å². The molecular weight excluding hydrogens is 316 g/mol. The maximum Gasteiger partial charge on any atom is 0.133 e. The average Bonchev–Trinajstić information content (AvgIpc) is 2.90. The number of aliphatic hydroxyl groups excluding tert-OH is 1. The zero-order chi connectivity index (χ0) is 16.8. The molecule has 23 heavy (non-hydrogen) atoms. The molecule has 2 atom stereocenters. The summed E-state index contributed by atoms with van der Waals surface area (Å²) in [6, 6.07) is 9.42. The van der Waals surface area contributed by atoms with Gasteiger partial charge in [0.2, 0.25) is 0 Å². The molecule has 1 heterocycles. The van der Waals surface area contributed by atoms with E-state index in [9.17, 15) is 5.11 Å². The quantitative estimate of drug-likeness (QED) is 0.801. The lowest BCUT2D eigenvalue weighted by Crippen LogP contribution is -2.32. The maximum atomic E-state index is 10.1. The molecule has 0 fully saturated rings. The summed E-state index contributed by atoms with van der Waals surface area (Å²) in [5, 5.41) is 14.8. The van der Waals surface area contributed by atoms with Crippen molar-refractivity contribution in [1.82, 2.24) is 10.1 Å². The average molecular weight is 339 g/mol. The summed E-state index contributed by atoms with van der Waals surface area (Å²) in [6.45, 7) is 5.21. The highest BCUT2D eigenvalue weighted by Crippen LogP contribution is 2.19. The number of likely N-dealkylation sites (N-methyl/N-ethyl adjacent to an activating group) is 1. The van der Waals surface area contributed by atoms with E-state index >= 15 is 0 Å². The predicted molar refractivity (Wildman–Crippen MR) is 89.4 cm³/mol. The number of hydrogen-bond acceptors (Lipinski definition) is 5. The Bertz CT molecular complexity index is 600. The molecule has 0 radical (unpaired) electrons. The molecule has 126 valence electrons. The number of aromatic nitrogens is 1. The van der Waals surface area contributed by atoms with Crippen LogP contribution in [0.5, 0.6) is 0 Å². The van der Waals surface area contributed by atoms with Gasteiger partial charge >= 0.3 is 0 Å². The van der Waals surface area contributed by atoms with Crippen LogP contribution < -0.4 is 0 Å². The van der Waals surface area contributed by atoms with Crippen LogP contribution in [0.4, 0.5) is 0 Å². The third kappa shape index (κ3) is 5.95. The van der Waals surface area contributed by atoms with Gasteiger partial charge in [0.1, 0.15) is 5.76 Å². The lowest BCUT2D eigenvalue weighted by molar-refractivity contribution is -0.0139. The molecule has 0 aliphatic rings. The molecule has 0 amide bonds. The highest BCUT2D eigenvalue weighted by molar-refractivity contribution is 6.30. The van der Waals surface area contributed by atoms with E-state index in [0.29, 0.717) is 18.1 Å². The molecule has 2 unspecified atom stereocenters. The number of aliphatic hydroxyl groups is 1. The third-order valence-electron chi connectivity index (χ3n) is 3.51. The minimum atomic E-state index is -0.567. The van der Waals surface area contributed by atoms with Crippen molar-refractivity contribution in [3.05, 3.63) is 52.4 Å². The van der Waals surface area contributed by atoms with Gasteiger partial charge in [-0.2, -0.15) is 0 Å². The molecule has 1 N–H and O–H groups in total. The first-order chi connectivity index (χ1) is 10.9. The fourth-order valence-electron chi connectivity index (χ4n) is 2.33. The fraction of sp³-hybridized carbons (Fsp3) is 0.471. The minimum Gasteiger partial charge on any atom is -0.389 e. The second-order valence-electron chi connectivity index (χ2n) is 5.81. The molecule has 0 aliphatic heterocycles. The first kappa shape index (κ1) is 17.9. The molecule has 1 aromatic carbocycles. The summed E-state index contributed by atoms with van der Waals surface area (Å²) in [5.74, 6) is 0.786. The number of benzene rings is 1. The second-order valence-corrected chi connectivity index (χ2v) is 6.24. The minimum absolute atomic E-state index is 0.0922. The van der Waals surface area contributed by atoms with E-state index in [0.717, 1.165) is 17.0 Å². The van der Waals surface area contributed by atoms with E-state index in [2.05, 4.69) is 5.16 Å². The van der Waals surface area contributed by atoms with Crippen LogP contribution in [0.25, 0.3) is 0 Å². The van der Waals surface area contributed by atoms with Gasteiger partial charge < -0.3 is 14.4 Å². The molecule has 0 aliphatic carbocycles. The Morgan fingerprint density at radius 1 is 1.35 bits per heavy atom. The zero-order valence-electron chi connectivity index (χ0n) is 13.7. The second kappa shape index (κ2) is 8.45. The van der Waals surface area contributed by atoms with Crippen LogP contribution in [0.3, 0.4) is 0 Å². The molecule has 6 heteroatoms. The van der Waals surface area contributed by atoms with Crippen LogP contribution in [0.1, 0.15) is 30.0 Å². The van der Waals surface area contributed by atoms with Crippen LogP contribution in [-0.2, 0) is 11.3 Å². The van der Waals surface area contributed by atoms with Crippen molar-refractivity contribution in [2.45, 2.75) is 32.6 Å². The zero-order valence-corrected chi connectivity index (χ0v) is 14.5. The van der Waals surface area contributed by atoms with Crippen molar-refractivity contribution in [1.29, 1.82) is 0 Å². The van der Waals surface area contributed by atoms with Gasteiger partial charge in [-0.15, -0.1) is 0 Å². The normalized spacial score (nSPS) is 14.2. The number of rotatable bonds is 8. The standard InChI is InChI=1S/C17H23ClN2O3/c1-12-8-16(19-23-12)9-20(3)10-17(21)11-22-13(2)14-4-6-15(18)7-5-14/h4-8,13,17,21H,9-11H2,1-3H3. The smallest absolute Gasteiger partial charge is 0.133 e. The van der Waals surface area contributed by atoms with E-state index in [1.54, 1.807) is 0 Å². The van der Waals surface area contributed by atoms with Crippen molar-refractivity contribution < 1.29 is 14.4 Å². The molecule has 0 saturated heterocycles. The summed E-state index contributed by atoms with van der Waals surface area (Å²) in [7, 11) is 1.93. The van der Waals surface area contributed by atoms with Crippen LogP contribution in [0.2, 0.25) is 5.02 Å². The number of hydrogen-bond donors (Lipinski definition) is 1. The highest BCUT2D eigenvalue weighted by atomic mass is 35.5. The summed E-state index contributed by atoms with van der Waals surface area (Å²) in [5.41, 5.74) is 1.89. The number of aryl methyl sites for hydroxylation is 1. The molecule has 0 saturated carbocycles. The lowest BCUT2D eigenvalue weighted by Gasteiger charge is -2.21. The number of nitrogens with zero attached hydrogens (tertiary/aromatic N) is 2. The molecular formula is C17H23ClN2O3. The van der Waals surface area contributed by atoms with Crippen molar-refractivity contribution in [2.75, 3.05) is 20.2 Å². The van der Waals surface area contributed by atoms with E-state index in [1.807, 2.05) is 56.1 Å². The summed E-state index contributed by atoms with van der Waals surface area (Å²) in [4.78, 5) is 1.98. The first-order valence-electron chi connectivity index (χ1n) is 7.60. The van der Waals surface area contributed by atoms with E-state index in [-0.39, 0.29) is 12.7 Å². The van der Waals surface area contributed by atoms with Crippen molar-refractivity contribution in [3.8, 4) is 0 Å². The molecule has 1 aromatic heterocycles. The topological polar surface area (TPSA) is 58.7 Å². The van der Waals surface area contributed by atoms with Gasteiger partial charge in [0, 0.05) is 24.2 Å². The summed E-state index contributed by atoms with van der Waals surface area (Å²) < 4.78 is 10.8. The van der Waals surface area contributed by atoms with Gasteiger partial charge in [-0.05, 0) is 38.6 Å². The van der Waals surface area contributed by atoms with Gasteiger partial charge in [0.15, 0.2) is 0 Å². The van der Waals surface area contributed by atoms with Crippen molar-refractivity contribution >= 4 is 11.6 Å². The molecule has 2 rings (SSSR count). The Morgan fingerprint density at radius 3 is 2.65 bits per heavy atom. The van der Waals surface area contributed by atoms with E-state index in [4.69, 9.17) is 20.9 Å². The largest absolute Gasteiger partial charge is 0.389 e. The molecule has 5 nitrogen and oxygen atoms in total. The number of ether oxygens (including phenoxy) is 1. The molecule has 0 bridgehead atoms. The Labute approximate surface area is 141 Å². The Kier molecular flexibility index (Phi) is 6.59. The van der Waals surface area contributed by atoms with Gasteiger partial charge in [0.05, 0.1) is 24.5 Å². The van der Waals surface area contributed by atoms with E-state index < -0.39 is 6.10 Å². The Hall–Kier alpha value is -1.40. The monoisotopic (exact) mass is 338 g/mol. The SMILES string of the molecule is Cc1cc(CN(C)CC(O)COC(C)c2ccc(Cl)cc2)no1. The Morgan fingerprint density at radius 2 is 2.04 bits per heavy atom. The third-order valence-corrected chi connectivity index (χ3v) is 3.76.